The van der Waals surface area contributed by atoms with Gasteiger partial charge in [-0.25, -0.2) is 13.1 Å². The van der Waals surface area contributed by atoms with Crippen LogP contribution in [0.1, 0.15) is 37.9 Å². The number of hydrogen-bond donors (Lipinski definition) is 2. The number of rotatable bonds is 7. The molecule has 1 fully saturated rings. The third-order valence-corrected chi connectivity index (χ3v) is 6.80. The molecular formula is C22H26N2O3S. The summed E-state index contributed by atoms with van der Waals surface area (Å²) in [6, 6.07) is 14.8. The van der Waals surface area contributed by atoms with Gasteiger partial charge in [0.1, 0.15) is 5.75 Å². The highest BCUT2D eigenvalue weighted by molar-refractivity contribution is 7.89. The Morgan fingerprint density at radius 3 is 2.43 bits per heavy atom. The average molecular weight is 399 g/mol. The molecule has 0 unspecified atom stereocenters. The van der Waals surface area contributed by atoms with Crippen LogP contribution in [0.2, 0.25) is 0 Å². The molecule has 2 N–H and O–H groups in total. The number of aromatic nitrogens is 1. The molecule has 0 amide bonds. The van der Waals surface area contributed by atoms with E-state index in [1.165, 1.54) is 10.9 Å². The van der Waals surface area contributed by atoms with Gasteiger partial charge < -0.3 is 9.72 Å². The first-order chi connectivity index (χ1) is 13.3. The van der Waals surface area contributed by atoms with Crippen molar-refractivity contribution < 1.29 is 13.2 Å². The summed E-state index contributed by atoms with van der Waals surface area (Å²) in [5, 5.41) is 1.19. The van der Waals surface area contributed by atoms with Gasteiger partial charge in [-0.15, -0.1) is 0 Å². The molecule has 4 rings (SSSR count). The van der Waals surface area contributed by atoms with E-state index in [9.17, 15) is 8.42 Å². The van der Waals surface area contributed by atoms with Crippen molar-refractivity contribution in [2.75, 3.05) is 6.54 Å². The fourth-order valence-electron chi connectivity index (χ4n) is 3.91. The maximum absolute atomic E-state index is 12.8. The van der Waals surface area contributed by atoms with E-state index in [0.29, 0.717) is 12.3 Å². The highest BCUT2D eigenvalue weighted by atomic mass is 32.2. The van der Waals surface area contributed by atoms with Gasteiger partial charge in [0, 0.05) is 28.6 Å². The van der Waals surface area contributed by atoms with Crippen LogP contribution in [0.5, 0.6) is 5.75 Å². The van der Waals surface area contributed by atoms with Crippen LogP contribution in [-0.2, 0) is 15.4 Å². The molecule has 0 spiro atoms. The molecule has 2 aromatic carbocycles. The molecule has 1 aliphatic rings. The van der Waals surface area contributed by atoms with E-state index in [0.717, 1.165) is 24.1 Å². The monoisotopic (exact) mass is 398 g/mol. The van der Waals surface area contributed by atoms with Crippen molar-refractivity contribution in [1.82, 2.24) is 9.71 Å². The van der Waals surface area contributed by atoms with E-state index >= 15 is 0 Å². The van der Waals surface area contributed by atoms with Crippen molar-refractivity contribution in [2.45, 2.75) is 50.0 Å². The summed E-state index contributed by atoms with van der Waals surface area (Å²) < 4.78 is 34.0. The van der Waals surface area contributed by atoms with Crippen LogP contribution in [0.15, 0.2) is 53.4 Å². The number of nitrogens with one attached hydrogen (secondary N) is 2. The number of sulfonamides is 1. The van der Waals surface area contributed by atoms with Crippen LogP contribution in [0, 0.1) is 6.92 Å². The van der Waals surface area contributed by atoms with Crippen LogP contribution >= 0.6 is 0 Å². The molecular weight excluding hydrogens is 372 g/mol. The van der Waals surface area contributed by atoms with E-state index in [2.05, 4.69) is 28.8 Å². The van der Waals surface area contributed by atoms with Gasteiger partial charge in [-0.3, -0.25) is 0 Å². The van der Waals surface area contributed by atoms with Gasteiger partial charge in [-0.1, -0.05) is 18.2 Å². The second kappa shape index (κ2) is 6.94. The third-order valence-electron chi connectivity index (χ3n) is 5.38. The molecule has 1 heterocycles. The summed E-state index contributed by atoms with van der Waals surface area (Å²) in [6.45, 7) is 6.35. The van der Waals surface area contributed by atoms with Crippen molar-refractivity contribution in [3.05, 3.63) is 59.8 Å². The molecule has 0 radical (unpaired) electrons. The Bertz CT molecular complexity index is 1090. The molecule has 0 aliphatic heterocycles. The molecule has 1 saturated carbocycles. The van der Waals surface area contributed by atoms with Crippen molar-refractivity contribution in [1.29, 1.82) is 0 Å². The first-order valence-corrected chi connectivity index (χ1v) is 11.1. The van der Waals surface area contributed by atoms with Crippen molar-refractivity contribution >= 4 is 20.9 Å². The van der Waals surface area contributed by atoms with Crippen molar-refractivity contribution in [3.63, 3.8) is 0 Å². The SMILES string of the molecule is Cc1[nH]c2ccccc2c1C1(CNS(=O)(=O)c2ccc(OC(C)C)cc2)CC1. The topological polar surface area (TPSA) is 71.2 Å². The Kier molecular flexibility index (Phi) is 4.71. The van der Waals surface area contributed by atoms with Gasteiger partial charge in [-0.2, -0.15) is 0 Å². The van der Waals surface area contributed by atoms with E-state index < -0.39 is 10.0 Å². The largest absolute Gasteiger partial charge is 0.491 e. The number of fused-ring (bicyclic) bond motifs is 1. The number of aryl methyl sites for hydroxylation is 1. The Morgan fingerprint density at radius 2 is 1.79 bits per heavy atom. The minimum absolute atomic E-state index is 0.0507. The predicted octanol–water partition coefficient (Wildman–Crippen LogP) is 4.27. The lowest BCUT2D eigenvalue weighted by atomic mass is 9.93. The highest BCUT2D eigenvalue weighted by Crippen LogP contribution is 2.51. The van der Waals surface area contributed by atoms with Gasteiger partial charge in [0.2, 0.25) is 10.0 Å². The normalized spacial score (nSPS) is 15.9. The van der Waals surface area contributed by atoms with E-state index in [4.69, 9.17) is 4.74 Å². The molecule has 0 atom stereocenters. The van der Waals surface area contributed by atoms with E-state index in [1.54, 1.807) is 24.3 Å². The third kappa shape index (κ3) is 3.54. The number of hydrogen-bond acceptors (Lipinski definition) is 3. The number of benzene rings is 2. The lowest BCUT2D eigenvalue weighted by Gasteiger charge is -2.18. The molecule has 0 bridgehead atoms. The Balaban J connectivity index is 1.54. The lowest BCUT2D eigenvalue weighted by molar-refractivity contribution is 0.242. The van der Waals surface area contributed by atoms with Crippen LogP contribution in [0.25, 0.3) is 10.9 Å². The molecule has 28 heavy (non-hydrogen) atoms. The maximum Gasteiger partial charge on any atom is 0.240 e. The zero-order valence-corrected chi connectivity index (χ0v) is 17.3. The van der Waals surface area contributed by atoms with Gasteiger partial charge in [0.15, 0.2) is 0 Å². The fraction of sp³-hybridized carbons (Fsp3) is 0.364. The Labute approximate surface area is 166 Å². The van der Waals surface area contributed by atoms with E-state index in [-0.39, 0.29) is 16.4 Å². The zero-order valence-electron chi connectivity index (χ0n) is 16.5. The highest BCUT2D eigenvalue weighted by Gasteiger charge is 2.47. The van der Waals surface area contributed by atoms with Crippen molar-refractivity contribution in [3.8, 4) is 5.75 Å². The molecule has 0 saturated heterocycles. The summed E-state index contributed by atoms with van der Waals surface area (Å²) in [6.07, 6.45) is 2.02. The van der Waals surface area contributed by atoms with Crippen LogP contribution < -0.4 is 9.46 Å². The fourth-order valence-corrected chi connectivity index (χ4v) is 5.04. The minimum Gasteiger partial charge on any atom is -0.491 e. The molecule has 6 heteroatoms. The van der Waals surface area contributed by atoms with Gasteiger partial charge in [0.25, 0.3) is 0 Å². The molecule has 3 aromatic rings. The molecule has 1 aromatic heterocycles. The van der Waals surface area contributed by atoms with Crippen LogP contribution in [-0.4, -0.2) is 26.1 Å². The number of H-pyrrole nitrogens is 1. The van der Waals surface area contributed by atoms with E-state index in [1.807, 2.05) is 26.0 Å². The smallest absolute Gasteiger partial charge is 0.240 e. The van der Waals surface area contributed by atoms with Gasteiger partial charge in [0.05, 0.1) is 11.0 Å². The van der Waals surface area contributed by atoms with Gasteiger partial charge in [-0.05, 0) is 69.5 Å². The molecule has 1 aliphatic carbocycles. The second-order valence-electron chi connectivity index (χ2n) is 7.91. The summed E-state index contributed by atoms with van der Waals surface area (Å²) in [5.41, 5.74) is 3.33. The number of para-hydroxylation sites is 1. The molecule has 148 valence electrons. The average Bonchev–Trinajstić information content (AvgIpc) is 3.35. The predicted molar refractivity (Wildman–Crippen MR) is 111 cm³/mol. The number of ether oxygens (including phenoxy) is 1. The number of aromatic amines is 1. The van der Waals surface area contributed by atoms with Gasteiger partial charge >= 0.3 is 0 Å². The summed E-state index contributed by atoms with van der Waals surface area (Å²) in [5.74, 6) is 0.669. The minimum atomic E-state index is -3.57. The van der Waals surface area contributed by atoms with Crippen LogP contribution in [0.3, 0.4) is 0 Å². The summed E-state index contributed by atoms with van der Waals surface area (Å²) >= 11 is 0. The lowest BCUT2D eigenvalue weighted by Crippen LogP contribution is -2.32. The zero-order chi connectivity index (χ0) is 19.9. The van der Waals surface area contributed by atoms with Crippen molar-refractivity contribution in [2.24, 2.45) is 0 Å². The van der Waals surface area contributed by atoms with Crippen LogP contribution in [0.4, 0.5) is 0 Å². The summed E-state index contributed by atoms with van der Waals surface area (Å²) in [7, 11) is -3.57. The quantitative estimate of drug-likeness (QED) is 0.624. The first-order valence-electron chi connectivity index (χ1n) is 9.65. The summed E-state index contributed by atoms with van der Waals surface area (Å²) in [4.78, 5) is 3.69. The Hall–Kier alpha value is -2.31. The second-order valence-corrected chi connectivity index (χ2v) is 9.68. The standard InChI is InChI=1S/C22H26N2O3S/c1-15(2)27-17-8-10-18(11-9-17)28(25,26)23-14-22(12-13-22)21-16(3)24-20-7-5-4-6-19(20)21/h4-11,15,23-24H,12-14H2,1-3H3. The molecule has 5 nitrogen and oxygen atoms in total. The maximum atomic E-state index is 12.8. The first kappa shape index (κ1) is 19.0. The Morgan fingerprint density at radius 1 is 1.11 bits per heavy atom.